The summed E-state index contributed by atoms with van der Waals surface area (Å²) in [5.74, 6) is 1.01. The van der Waals surface area contributed by atoms with Crippen LogP contribution in [0.1, 0.15) is 56.7 Å². The van der Waals surface area contributed by atoms with Crippen molar-refractivity contribution in [1.29, 1.82) is 0 Å². The van der Waals surface area contributed by atoms with Gasteiger partial charge >= 0.3 is 0 Å². The number of aryl methyl sites for hydroxylation is 1. The Hall–Kier alpha value is -1.03. The molecule has 0 aromatic carbocycles. The topological polar surface area (TPSA) is 39.1 Å². The molecule has 1 aromatic rings. The lowest BCUT2D eigenvalue weighted by Gasteiger charge is -2.23. The zero-order chi connectivity index (χ0) is 13.5. The third-order valence-corrected chi connectivity index (χ3v) is 3.91. The number of ether oxygens (including phenoxy) is 1. The average molecular weight is 265 g/mol. The Morgan fingerprint density at radius 3 is 2.63 bits per heavy atom. The Labute approximate surface area is 116 Å². The maximum atomic E-state index is 5.09. The summed E-state index contributed by atoms with van der Waals surface area (Å²) < 4.78 is 7.45. The highest BCUT2D eigenvalue weighted by Crippen LogP contribution is 2.29. The molecule has 19 heavy (non-hydrogen) atoms. The van der Waals surface area contributed by atoms with E-state index in [4.69, 9.17) is 4.74 Å². The van der Waals surface area contributed by atoms with Gasteiger partial charge in [-0.05, 0) is 19.8 Å². The van der Waals surface area contributed by atoms with Crippen molar-refractivity contribution in [2.75, 3.05) is 25.6 Å². The van der Waals surface area contributed by atoms with Crippen molar-refractivity contribution >= 4 is 5.95 Å². The molecule has 1 fully saturated rings. The molecule has 4 heteroatoms. The molecule has 0 bridgehead atoms. The maximum absolute atomic E-state index is 5.09. The van der Waals surface area contributed by atoms with E-state index < -0.39 is 0 Å². The molecule has 108 valence electrons. The molecule has 1 heterocycles. The normalized spacial score (nSPS) is 18.0. The average Bonchev–Trinajstić information content (AvgIpc) is 2.70. The Bertz CT molecular complexity index is 367. The zero-order valence-electron chi connectivity index (χ0n) is 12.3. The lowest BCUT2D eigenvalue weighted by molar-refractivity contribution is 0.210. The van der Waals surface area contributed by atoms with Crippen LogP contribution < -0.4 is 5.32 Å². The van der Waals surface area contributed by atoms with E-state index in [1.807, 2.05) is 0 Å². The second-order valence-corrected chi connectivity index (χ2v) is 5.53. The molecule has 1 aliphatic carbocycles. The van der Waals surface area contributed by atoms with Gasteiger partial charge in [0, 0.05) is 25.9 Å². The summed E-state index contributed by atoms with van der Waals surface area (Å²) in [6, 6.07) is 0.617. The Morgan fingerprint density at radius 1 is 1.26 bits per heavy atom. The van der Waals surface area contributed by atoms with Gasteiger partial charge in [-0.1, -0.05) is 32.1 Å². The number of nitrogens with one attached hydrogen (secondary N) is 1. The highest BCUT2D eigenvalue weighted by atomic mass is 16.5. The number of hydrogen-bond acceptors (Lipinski definition) is 3. The minimum absolute atomic E-state index is 0.617. The van der Waals surface area contributed by atoms with Crippen molar-refractivity contribution in [1.82, 2.24) is 9.55 Å². The van der Waals surface area contributed by atoms with Crippen molar-refractivity contribution in [3.8, 4) is 0 Å². The third-order valence-electron chi connectivity index (χ3n) is 3.91. The molecule has 1 aromatic heterocycles. The first-order valence-corrected chi connectivity index (χ1v) is 7.59. The molecule has 0 amide bonds. The number of rotatable bonds is 5. The van der Waals surface area contributed by atoms with Gasteiger partial charge in [0.1, 0.15) is 0 Å². The van der Waals surface area contributed by atoms with Gasteiger partial charge in [-0.25, -0.2) is 4.98 Å². The number of methoxy groups -OCH3 is 1. The first kappa shape index (κ1) is 14.4. The fraction of sp³-hybridized carbons (Fsp3) is 0.800. The lowest BCUT2D eigenvalue weighted by atomic mass is 9.96. The van der Waals surface area contributed by atoms with E-state index in [2.05, 4.69) is 28.0 Å². The van der Waals surface area contributed by atoms with E-state index in [-0.39, 0.29) is 0 Å². The monoisotopic (exact) mass is 265 g/mol. The van der Waals surface area contributed by atoms with Gasteiger partial charge in [-0.15, -0.1) is 0 Å². The first-order valence-electron chi connectivity index (χ1n) is 7.59. The van der Waals surface area contributed by atoms with Gasteiger partial charge in [-0.3, -0.25) is 0 Å². The number of hydrogen-bond donors (Lipinski definition) is 1. The van der Waals surface area contributed by atoms with Crippen molar-refractivity contribution in [2.24, 2.45) is 0 Å². The third kappa shape index (κ3) is 4.23. The molecule has 1 N–H and O–H groups in total. The maximum Gasteiger partial charge on any atom is 0.203 e. The summed E-state index contributed by atoms with van der Waals surface area (Å²) in [4.78, 5) is 4.61. The Kier molecular flexibility index (Phi) is 5.70. The summed E-state index contributed by atoms with van der Waals surface area (Å²) in [5.41, 5.74) is 1.10. The first-order chi connectivity index (χ1) is 9.31. The quantitative estimate of drug-likeness (QED) is 0.828. The summed E-state index contributed by atoms with van der Waals surface area (Å²) in [5, 5.41) is 3.40. The minimum atomic E-state index is 0.617. The van der Waals surface area contributed by atoms with Crippen LogP contribution in [0, 0.1) is 6.92 Å². The van der Waals surface area contributed by atoms with E-state index in [1.54, 1.807) is 7.11 Å². The summed E-state index contributed by atoms with van der Waals surface area (Å²) in [7, 11) is 1.73. The van der Waals surface area contributed by atoms with Crippen LogP contribution in [-0.4, -0.2) is 29.8 Å². The number of aromatic nitrogens is 2. The standard InChI is InChI=1S/C15H27N3O/c1-13-12-18(15(17-13)16-10-11-19-2)14-8-6-4-3-5-7-9-14/h12,14H,3-11H2,1-2H3,(H,16,17). The van der Waals surface area contributed by atoms with Crippen LogP contribution in [-0.2, 0) is 4.74 Å². The van der Waals surface area contributed by atoms with Gasteiger partial charge < -0.3 is 14.6 Å². The molecule has 0 aliphatic heterocycles. The van der Waals surface area contributed by atoms with Crippen molar-refractivity contribution in [3.05, 3.63) is 11.9 Å². The SMILES string of the molecule is COCCNc1nc(C)cn1C1CCCCCCC1. The van der Waals surface area contributed by atoms with E-state index in [9.17, 15) is 0 Å². The summed E-state index contributed by atoms with van der Waals surface area (Å²) >= 11 is 0. The van der Waals surface area contributed by atoms with Crippen molar-refractivity contribution in [3.63, 3.8) is 0 Å². The lowest BCUT2D eigenvalue weighted by Crippen LogP contribution is -2.16. The smallest absolute Gasteiger partial charge is 0.203 e. The zero-order valence-corrected chi connectivity index (χ0v) is 12.3. The van der Waals surface area contributed by atoms with Crippen LogP contribution in [0.3, 0.4) is 0 Å². The van der Waals surface area contributed by atoms with Crippen LogP contribution in [0.5, 0.6) is 0 Å². The molecule has 0 saturated heterocycles. The fourth-order valence-electron chi connectivity index (χ4n) is 2.90. The van der Waals surface area contributed by atoms with Crippen LogP contribution >= 0.6 is 0 Å². The molecule has 0 radical (unpaired) electrons. The second-order valence-electron chi connectivity index (χ2n) is 5.53. The molecule has 0 spiro atoms. The fourth-order valence-corrected chi connectivity index (χ4v) is 2.90. The highest BCUT2D eigenvalue weighted by molar-refractivity contribution is 5.29. The Balaban J connectivity index is 2.03. The van der Waals surface area contributed by atoms with Crippen molar-refractivity contribution < 1.29 is 4.74 Å². The summed E-state index contributed by atoms with van der Waals surface area (Å²) in [6.07, 6.45) is 11.6. The second kappa shape index (κ2) is 7.53. The van der Waals surface area contributed by atoms with Gasteiger partial charge in [-0.2, -0.15) is 0 Å². The van der Waals surface area contributed by atoms with E-state index >= 15 is 0 Å². The Morgan fingerprint density at radius 2 is 1.95 bits per heavy atom. The number of anilines is 1. The van der Waals surface area contributed by atoms with E-state index in [0.717, 1.165) is 24.8 Å². The van der Waals surface area contributed by atoms with Gasteiger partial charge in [0.15, 0.2) is 0 Å². The molecule has 0 atom stereocenters. The molecule has 1 aliphatic rings. The summed E-state index contributed by atoms with van der Waals surface area (Å²) in [6.45, 7) is 3.61. The van der Waals surface area contributed by atoms with E-state index in [1.165, 1.54) is 44.9 Å². The van der Waals surface area contributed by atoms with Gasteiger partial charge in [0.25, 0.3) is 0 Å². The number of imidazole rings is 1. The highest BCUT2D eigenvalue weighted by Gasteiger charge is 2.17. The van der Waals surface area contributed by atoms with E-state index in [0.29, 0.717) is 6.04 Å². The van der Waals surface area contributed by atoms with Crippen LogP contribution in [0.2, 0.25) is 0 Å². The van der Waals surface area contributed by atoms with Crippen LogP contribution in [0.25, 0.3) is 0 Å². The largest absolute Gasteiger partial charge is 0.383 e. The van der Waals surface area contributed by atoms with Crippen molar-refractivity contribution in [2.45, 2.75) is 57.9 Å². The predicted molar refractivity (Wildman–Crippen MR) is 78.7 cm³/mol. The molecule has 1 saturated carbocycles. The molecule has 4 nitrogen and oxygen atoms in total. The predicted octanol–water partition coefficient (Wildman–Crippen LogP) is 3.54. The molecular formula is C15H27N3O. The molecule has 0 unspecified atom stereocenters. The molecule has 2 rings (SSSR count). The number of nitrogens with zero attached hydrogens (tertiary/aromatic N) is 2. The minimum Gasteiger partial charge on any atom is -0.383 e. The molecular weight excluding hydrogens is 238 g/mol. The van der Waals surface area contributed by atoms with Gasteiger partial charge in [0.2, 0.25) is 5.95 Å². The van der Waals surface area contributed by atoms with Crippen LogP contribution in [0.15, 0.2) is 6.20 Å². The van der Waals surface area contributed by atoms with Gasteiger partial charge in [0.05, 0.1) is 12.3 Å². The van der Waals surface area contributed by atoms with Crippen LogP contribution in [0.4, 0.5) is 5.95 Å².